The van der Waals surface area contributed by atoms with E-state index in [0.717, 1.165) is 0 Å². The zero-order chi connectivity index (χ0) is 10.7. The third kappa shape index (κ3) is 2.16. The van der Waals surface area contributed by atoms with Crippen molar-refractivity contribution in [2.45, 2.75) is 13.0 Å². The first-order chi connectivity index (χ1) is 6.54. The third-order valence-corrected chi connectivity index (χ3v) is 1.49. The van der Waals surface area contributed by atoms with Crippen LogP contribution in [-0.4, -0.2) is 11.0 Å². The second-order valence-corrected chi connectivity index (χ2v) is 2.62. The monoisotopic (exact) mass is 200 g/mol. The maximum absolute atomic E-state index is 12.9. The van der Waals surface area contributed by atoms with Crippen LogP contribution in [0.15, 0.2) is 6.07 Å². The second-order valence-electron chi connectivity index (χ2n) is 2.62. The van der Waals surface area contributed by atoms with Crippen molar-refractivity contribution in [3.63, 3.8) is 0 Å². The van der Waals surface area contributed by atoms with Crippen molar-refractivity contribution >= 4 is 5.82 Å². The summed E-state index contributed by atoms with van der Waals surface area (Å²) in [7, 11) is 0. The van der Waals surface area contributed by atoms with Crippen LogP contribution in [0.5, 0.6) is 0 Å². The average molecular weight is 200 g/mol. The molecule has 14 heavy (non-hydrogen) atoms. The van der Waals surface area contributed by atoms with E-state index in [1.807, 2.05) is 0 Å². The van der Waals surface area contributed by atoms with Crippen molar-refractivity contribution in [2.75, 3.05) is 5.32 Å². The quantitative estimate of drug-likeness (QED) is 0.582. The van der Waals surface area contributed by atoms with Gasteiger partial charge in [-0.2, -0.15) is 9.37 Å². The Labute approximate surface area is 79.2 Å². The van der Waals surface area contributed by atoms with Crippen molar-refractivity contribution in [3.05, 3.63) is 23.6 Å². The van der Waals surface area contributed by atoms with Gasteiger partial charge >= 0.3 is 0 Å². The normalized spacial score (nSPS) is 11.9. The smallest absolute Gasteiger partial charge is 0.251 e. The number of terminal acetylenes is 1. The molecule has 2 nitrogen and oxygen atoms in total. The molecular formula is C9H7F3N2. The molecule has 1 unspecified atom stereocenters. The Kier molecular flexibility index (Phi) is 2.97. The molecule has 0 spiro atoms. The fourth-order valence-corrected chi connectivity index (χ4v) is 0.792. The van der Waals surface area contributed by atoms with Crippen molar-refractivity contribution in [1.82, 2.24) is 4.98 Å². The number of aromatic nitrogens is 1. The predicted octanol–water partition coefficient (Wildman–Crippen LogP) is 1.93. The molecule has 0 aliphatic carbocycles. The van der Waals surface area contributed by atoms with Gasteiger partial charge in [-0.3, -0.25) is 0 Å². The largest absolute Gasteiger partial charge is 0.354 e. The lowest BCUT2D eigenvalue weighted by molar-refractivity contribution is 0.466. The second kappa shape index (κ2) is 4.01. The van der Waals surface area contributed by atoms with Crippen LogP contribution in [0, 0.1) is 29.9 Å². The van der Waals surface area contributed by atoms with Gasteiger partial charge in [0.1, 0.15) is 0 Å². The highest BCUT2D eigenvalue weighted by Gasteiger charge is 2.12. The molecule has 74 valence electrons. The van der Waals surface area contributed by atoms with Gasteiger partial charge in [0.25, 0.3) is 5.95 Å². The molecule has 0 saturated carbocycles. The third-order valence-electron chi connectivity index (χ3n) is 1.49. The van der Waals surface area contributed by atoms with Gasteiger partial charge in [-0.05, 0) is 6.92 Å². The minimum absolute atomic E-state index is 0.394. The molecule has 1 heterocycles. The van der Waals surface area contributed by atoms with Crippen LogP contribution < -0.4 is 5.32 Å². The van der Waals surface area contributed by atoms with Gasteiger partial charge in [-0.25, -0.2) is 8.78 Å². The van der Waals surface area contributed by atoms with Crippen molar-refractivity contribution in [2.24, 2.45) is 0 Å². The van der Waals surface area contributed by atoms with Gasteiger partial charge in [0, 0.05) is 6.07 Å². The number of pyridine rings is 1. The van der Waals surface area contributed by atoms with E-state index < -0.39 is 29.4 Å². The first-order valence-electron chi connectivity index (χ1n) is 3.78. The van der Waals surface area contributed by atoms with Gasteiger partial charge < -0.3 is 5.32 Å². The molecule has 1 aromatic rings. The molecule has 1 N–H and O–H groups in total. The molecular weight excluding hydrogens is 193 g/mol. The maximum Gasteiger partial charge on any atom is 0.251 e. The van der Waals surface area contributed by atoms with E-state index >= 15 is 0 Å². The van der Waals surface area contributed by atoms with Crippen LogP contribution in [0.25, 0.3) is 0 Å². The Balaban J connectivity index is 2.99. The standard InChI is InChI=1S/C9H7F3N2/c1-3-5(2)13-9-7(11)4-6(10)8(12)14-9/h1,4-5H,2H3,(H,13,14). The van der Waals surface area contributed by atoms with Crippen LogP contribution in [0.1, 0.15) is 6.92 Å². The molecule has 0 bridgehead atoms. The Hall–Kier alpha value is -1.70. The minimum Gasteiger partial charge on any atom is -0.354 e. The molecule has 5 heteroatoms. The van der Waals surface area contributed by atoms with Crippen molar-refractivity contribution in [1.29, 1.82) is 0 Å². The number of nitrogens with one attached hydrogen (secondary N) is 1. The molecule has 1 aromatic heterocycles. The topological polar surface area (TPSA) is 24.9 Å². The van der Waals surface area contributed by atoms with E-state index in [9.17, 15) is 13.2 Å². The Morgan fingerprint density at radius 1 is 1.43 bits per heavy atom. The predicted molar refractivity (Wildman–Crippen MR) is 46.0 cm³/mol. The SMILES string of the molecule is C#CC(C)Nc1nc(F)c(F)cc1F. The first-order valence-corrected chi connectivity index (χ1v) is 3.78. The van der Waals surface area contributed by atoms with Crippen LogP contribution in [0.4, 0.5) is 19.0 Å². The highest BCUT2D eigenvalue weighted by Crippen LogP contribution is 2.14. The lowest BCUT2D eigenvalue weighted by Gasteiger charge is -2.08. The molecule has 1 atom stereocenters. The highest BCUT2D eigenvalue weighted by molar-refractivity contribution is 5.39. The summed E-state index contributed by atoms with van der Waals surface area (Å²) in [6.45, 7) is 1.56. The van der Waals surface area contributed by atoms with Gasteiger partial charge in [0.2, 0.25) is 0 Å². The van der Waals surface area contributed by atoms with Crippen molar-refractivity contribution < 1.29 is 13.2 Å². The number of nitrogens with zero attached hydrogens (tertiary/aromatic N) is 1. The number of halogens is 3. The number of hydrogen-bond donors (Lipinski definition) is 1. The number of anilines is 1. The van der Waals surface area contributed by atoms with E-state index in [2.05, 4.69) is 16.2 Å². The molecule has 0 radical (unpaired) electrons. The fourth-order valence-electron chi connectivity index (χ4n) is 0.792. The average Bonchev–Trinajstić information content (AvgIpc) is 2.14. The summed E-state index contributed by atoms with van der Waals surface area (Å²) >= 11 is 0. The van der Waals surface area contributed by atoms with Gasteiger partial charge in [0.05, 0.1) is 6.04 Å². The molecule has 1 rings (SSSR count). The molecule has 0 saturated heterocycles. The molecule has 0 aliphatic heterocycles. The Morgan fingerprint density at radius 2 is 2.07 bits per heavy atom. The Bertz CT molecular complexity index is 384. The van der Waals surface area contributed by atoms with Crippen LogP contribution in [-0.2, 0) is 0 Å². The first kappa shape index (κ1) is 10.4. The summed E-state index contributed by atoms with van der Waals surface area (Å²) < 4.78 is 37.9. The summed E-state index contributed by atoms with van der Waals surface area (Å²) in [6, 6.07) is -0.102. The summed E-state index contributed by atoms with van der Waals surface area (Å²) in [5.41, 5.74) is 0. The molecule has 0 amide bonds. The molecule has 0 aromatic carbocycles. The van der Waals surface area contributed by atoms with Crippen molar-refractivity contribution in [3.8, 4) is 12.3 Å². The number of rotatable bonds is 2. The minimum atomic E-state index is -1.36. The summed E-state index contributed by atoms with van der Waals surface area (Å²) in [6.07, 6.45) is 5.01. The zero-order valence-corrected chi connectivity index (χ0v) is 7.31. The van der Waals surface area contributed by atoms with Crippen LogP contribution in [0.3, 0.4) is 0 Å². The maximum atomic E-state index is 12.9. The van der Waals surface area contributed by atoms with E-state index in [4.69, 9.17) is 6.42 Å². The fraction of sp³-hybridized carbons (Fsp3) is 0.222. The Morgan fingerprint density at radius 3 is 2.64 bits per heavy atom. The summed E-state index contributed by atoms with van der Waals surface area (Å²) in [5.74, 6) is -1.83. The summed E-state index contributed by atoms with van der Waals surface area (Å²) in [5, 5.41) is 2.40. The van der Waals surface area contributed by atoms with Gasteiger partial charge in [-0.1, -0.05) is 5.92 Å². The van der Waals surface area contributed by atoms with Gasteiger partial charge in [-0.15, -0.1) is 6.42 Å². The van der Waals surface area contributed by atoms with E-state index in [-0.39, 0.29) is 0 Å². The van der Waals surface area contributed by atoms with Crippen LogP contribution >= 0.6 is 0 Å². The zero-order valence-electron chi connectivity index (χ0n) is 7.31. The molecule has 0 aliphatic rings. The van der Waals surface area contributed by atoms with E-state index in [0.29, 0.717) is 6.07 Å². The highest BCUT2D eigenvalue weighted by atomic mass is 19.2. The lowest BCUT2D eigenvalue weighted by Crippen LogP contribution is -2.15. The van der Waals surface area contributed by atoms with Gasteiger partial charge in [0.15, 0.2) is 17.5 Å². The number of hydrogen-bond acceptors (Lipinski definition) is 2. The molecule has 0 fully saturated rings. The van der Waals surface area contributed by atoms with Crippen LogP contribution in [0.2, 0.25) is 0 Å². The lowest BCUT2D eigenvalue weighted by atomic mass is 10.3. The summed E-state index contributed by atoms with van der Waals surface area (Å²) in [4.78, 5) is 3.04. The van der Waals surface area contributed by atoms with E-state index in [1.165, 1.54) is 0 Å². The van der Waals surface area contributed by atoms with E-state index in [1.54, 1.807) is 6.92 Å².